The maximum atomic E-state index is 11.9. The van der Waals surface area contributed by atoms with Gasteiger partial charge >= 0.3 is 6.09 Å². The van der Waals surface area contributed by atoms with Crippen LogP contribution in [0.15, 0.2) is 36.8 Å². The average molecular weight is 549 g/mol. The van der Waals surface area contributed by atoms with Crippen LogP contribution in [0.4, 0.5) is 10.5 Å². The zero-order chi connectivity index (χ0) is 27.9. The fourth-order valence-electron chi connectivity index (χ4n) is 5.38. The summed E-state index contributed by atoms with van der Waals surface area (Å²) < 4.78 is 1.85. The molecular weight excluding hydrogens is 516 g/mol. The SMILES string of the molecule is CNc1cc(-n2ccc3cc(C(N)=O)cnc32)ncc1-c1nnc([C@H]2CC[C@H](N(C(=O)O)C(C)(C)C)CC2)s1. The van der Waals surface area contributed by atoms with Gasteiger partial charge in [-0.1, -0.05) is 11.3 Å². The van der Waals surface area contributed by atoms with Crippen molar-refractivity contribution in [1.82, 2.24) is 29.6 Å². The van der Waals surface area contributed by atoms with E-state index in [1.54, 1.807) is 28.5 Å². The van der Waals surface area contributed by atoms with Crippen LogP contribution in [-0.4, -0.2) is 65.4 Å². The molecule has 12 heteroatoms. The summed E-state index contributed by atoms with van der Waals surface area (Å²) in [4.78, 5) is 34.1. The predicted octanol–water partition coefficient (Wildman–Crippen LogP) is 4.88. The number of carboxylic acid groups (broad SMARTS) is 1. The van der Waals surface area contributed by atoms with E-state index in [1.807, 2.05) is 50.7 Å². The molecule has 11 nitrogen and oxygen atoms in total. The molecule has 4 aromatic heterocycles. The van der Waals surface area contributed by atoms with Gasteiger partial charge in [0.15, 0.2) is 5.01 Å². The minimum Gasteiger partial charge on any atom is -0.465 e. The molecule has 5 rings (SSSR count). The Morgan fingerprint density at radius 3 is 2.51 bits per heavy atom. The van der Waals surface area contributed by atoms with Crippen molar-refractivity contribution in [2.45, 2.75) is 64.0 Å². The van der Waals surface area contributed by atoms with Gasteiger partial charge in [0.25, 0.3) is 0 Å². The van der Waals surface area contributed by atoms with Gasteiger partial charge in [0.1, 0.15) is 16.5 Å². The maximum absolute atomic E-state index is 11.9. The summed E-state index contributed by atoms with van der Waals surface area (Å²) >= 11 is 1.56. The number of carbonyl (C=O) groups excluding carboxylic acids is 1. The molecule has 1 saturated carbocycles. The van der Waals surface area contributed by atoms with Crippen molar-refractivity contribution in [3.05, 3.63) is 47.4 Å². The molecule has 4 N–H and O–H groups in total. The van der Waals surface area contributed by atoms with Gasteiger partial charge in [-0.3, -0.25) is 9.36 Å². The molecule has 4 heterocycles. The molecule has 4 aromatic rings. The zero-order valence-electron chi connectivity index (χ0n) is 22.4. The number of hydrogen-bond acceptors (Lipinski definition) is 8. The van der Waals surface area contributed by atoms with E-state index in [1.165, 1.54) is 6.20 Å². The highest BCUT2D eigenvalue weighted by molar-refractivity contribution is 7.14. The summed E-state index contributed by atoms with van der Waals surface area (Å²) in [6.07, 6.45) is 7.60. The molecule has 204 valence electrons. The summed E-state index contributed by atoms with van der Waals surface area (Å²) in [7, 11) is 1.85. The van der Waals surface area contributed by atoms with E-state index in [9.17, 15) is 14.7 Å². The highest BCUT2D eigenvalue weighted by Gasteiger charge is 2.36. The molecule has 1 aliphatic rings. The minimum atomic E-state index is -0.862. The first kappa shape index (κ1) is 26.5. The number of amides is 2. The highest BCUT2D eigenvalue weighted by Crippen LogP contribution is 2.40. The van der Waals surface area contributed by atoms with Crippen LogP contribution in [0.5, 0.6) is 0 Å². The van der Waals surface area contributed by atoms with Crippen LogP contribution < -0.4 is 11.1 Å². The first-order chi connectivity index (χ1) is 18.6. The summed E-state index contributed by atoms with van der Waals surface area (Å²) in [5.74, 6) is 0.409. The van der Waals surface area contributed by atoms with Crippen LogP contribution in [-0.2, 0) is 0 Å². The summed E-state index contributed by atoms with van der Waals surface area (Å²) in [6.45, 7) is 5.83. The first-order valence-corrected chi connectivity index (χ1v) is 13.7. The van der Waals surface area contributed by atoms with Crippen molar-refractivity contribution in [1.29, 1.82) is 0 Å². The summed E-state index contributed by atoms with van der Waals surface area (Å²) in [6, 6.07) is 5.53. The van der Waals surface area contributed by atoms with Gasteiger partial charge in [0.2, 0.25) is 5.91 Å². The van der Waals surface area contributed by atoms with E-state index in [4.69, 9.17) is 5.73 Å². The molecular formula is C27H32N8O3S. The van der Waals surface area contributed by atoms with E-state index in [2.05, 4.69) is 25.5 Å². The second kappa shape index (κ2) is 10.3. The summed E-state index contributed by atoms with van der Waals surface area (Å²) in [5.41, 5.74) is 7.68. The van der Waals surface area contributed by atoms with Crippen molar-refractivity contribution in [3.8, 4) is 16.4 Å². The predicted molar refractivity (Wildman–Crippen MR) is 150 cm³/mol. The quantitative estimate of drug-likeness (QED) is 0.308. The second-order valence-electron chi connectivity index (χ2n) is 10.8. The van der Waals surface area contributed by atoms with E-state index in [0.717, 1.165) is 52.3 Å². The molecule has 0 spiro atoms. The molecule has 0 aromatic carbocycles. The molecule has 0 saturated heterocycles. The number of nitrogens with zero attached hydrogens (tertiary/aromatic N) is 6. The summed E-state index contributed by atoms with van der Waals surface area (Å²) in [5, 5.41) is 24.5. The van der Waals surface area contributed by atoms with Gasteiger partial charge in [0, 0.05) is 60.3 Å². The Hall–Kier alpha value is -4.06. The van der Waals surface area contributed by atoms with Gasteiger partial charge < -0.3 is 21.1 Å². The third-order valence-corrected chi connectivity index (χ3v) is 8.35. The Morgan fingerprint density at radius 1 is 1.13 bits per heavy atom. The lowest BCUT2D eigenvalue weighted by molar-refractivity contribution is 0.0546. The van der Waals surface area contributed by atoms with Gasteiger partial charge in [-0.05, 0) is 58.6 Å². The number of carbonyl (C=O) groups is 2. The number of pyridine rings is 2. The topological polar surface area (TPSA) is 152 Å². The van der Waals surface area contributed by atoms with Crippen molar-refractivity contribution in [3.63, 3.8) is 0 Å². The number of hydrogen-bond donors (Lipinski definition) is 3. The lowest BCUT2D eigenvalue weighted by atomic mass is 9.84. The third kappa shape index (κ3) is 5.16. The number of rotatable bonds is 6. The van der Waals surface area contributed by atoms with Crippen LogP contribution in [0.1, 0.15) is 67.7 Å². The van der Waals surface area contributed by atoms with E-state index in [0.29, 0.717) is 17.0 Å². The maximum Gasteiger partial charge on any atom is 0.407 e. The fraction of sp³-hybridized carbons (Fsp3) is 0.407. The van der Waals surface area contributed by atoms with E-state index in [-0.39, 0.29) is 12.0 Å². The Bertz CT molecular complexity index is 1530. The smallest absolute Gasteiger partial charge is 0.407 e. The van der Waals surface area contributed by atoms with Gasteiger partial charge in [-0.15, -0.1) is 10.2 Å². The largest absolute Gasteiger partial charge is 0.465 e. The normalized spacial score (nSPS) is 17.7. The number of aromatic nitrogens is 5. The lowest BCUT2D eigenvalue weighted by Crippen LogP contribution is -2.52. The average Bonchev–Trinajstić information content (AvgIpc) is 3.55. The van der Waals surface area contributed by atoms with Crippen LogP contribution in [0.3, 0.4) is 0 Å². The highest BCUT2D eigenvalue weighted by atomic mass is 32.1. The van der Waals surface area contributed by atoms with E-state index >= 15 is 0 Å². The molecule has 39 heavy (non-hydrogen) atoms. The van der Waals surface area contributed by atoms with E-state index < -0.39 is 17.5 Å². The number of nitrogens with two attached hydrogens (primary N) is 1. The number of primary amides is 1. The standard InChI is InChI=1S/C27H32N8O3S/c1-27(2,3)35(26(37)38)18-7-5-15(6-8-18)24-32-33-25(39-24)19-14-30-21(12-20(19)29-4)34-10-9-16-11-17(22(28)36)13-31-23(16)34/h9-15,18H,5-8H2,1-4H3,(H2,28,36)(H,29,30)(H,37,38)/t15-,18-. The fourth-order valence-corrected chi connectivity index (χ4v) is 6.41. The zero-order valence-corrected chi connectivity index (χ0v) is 23.2. The molecule has 0 radical (unpaired) electrons. The van der Waals surface area contributed by atoms with Gasteiger partial charge in [-0.25, -0.2) is 14.8 Å². The van der Waals surface area contributed by atoms with Crippen LogP contribution in [0.25, 0.3) is 27.4 Å². The van der Waals surface area contributed by atoms with Gasteiger partial charge in [-0.2, -0.15) is 0 Å². The second-order valence-corrected chi connectivity index (χ2v) is 11.8. The molecule has 1 aliphatic carbocycles. The Labute approximate surface area is 230 Å². The Morgan fingerprint density at radius 2 is 1.87 bits per heavy atom. The molecule has 1 fully saturated rings. The van der Waals surface area contributed by atoms with Gasteiger partial charge in [0.05, 0.1) is 11.1 Å². The lowest BCUT2D eigenvalue weighted by Gasteiger charge is -2.42. The molecule has 0 atom stereocenters. The molecule has 2 amide bonds. The van der Waals surface area contributed by atoms with Crippen LogP contribution in [0.2, 0.25) is 0 Å². The van der Waals surface area contributed by atoms with Crippen molar-refractivity contribution < 1.29 is 14.7 Å². The number of nitrogens with one attached hydrogen (secondary N) is 1. The number of anilines is 1. The molecule has 0 aliphatic heterocycles. The first-order valence-electron chi connectivity index (χ1n) is 12.9. The minimum absolute atomic E-state index is 0.0143. The van der Waals surface area contributed by atoms with Crippen LogP contribution in [0, 0.1) is 0 Å². The van der Waals surface area contributed by atoms with Crippen LogP contribution >= 0.6 is 11.3 Å². The molecule has 0 bridgehead atoms. The van der Waals surface area contributed by atoms with Crippen molar-refractivity contribution in [2.75, 3.05) is 12.4 Å². The third-order valence-electron chi connectivity index (χ3n) is 7.23. The monoisotopic (exact) mass is 548 g/mol. The Kier molecular flexibility index (Phi) is 6.98. The van der Waals surface area contributed by atoms with Crippen molar-refractivity contribution >= 4 is 40.1 Å². The Balaban J connectivity index is 1.35. The number of fused-ring (bicyclic) bond motifs is 1. The molecule has 0 unspecified atom stereocenters. The van der Waals surface area contributed by atoms with Crippen molar-refractivity contribution in [2.24, 2.45) is 5.73 Å².